The van der Waals surface area contributed by atoms with Crippen molar-refractivity contribution in [3.8, 4) is 5.75 Å². The zero-order chi connectivity index (χ0) is 24.9. The Kier molecular flexibility index (Phi) is 6.54. The first-order chi connectivity index (χ1) is 16.9. The van der Waals surface area contributed by atoms with Gasteiger partial charge in [0, 0.05) is 16.6 Å². The summed E-state index contributed by atoms with van der Waals surface area (Å²) in [5, 5.41) is 20.9. The van der Waals surface area contributed by atoms with Crippen molar-refractivity contribution in [1.29, 1.82) is 0 Å². The molecule has 10 heteroatoms. The number of nitrogens with one attached hydrogen (secondary N) is 2. The van der Waals surface area contributed by atoms with Crippen LogP contribution in [0.2, 0.25) is 0 Å². The summed E-state index contributed by atoms with van der Waals surface area (Å²) in [5.74, 6) is -2.01. The Balaban J connectivity index is 1.47. The van der Waals surface area contributed by atoms with E-state index in [1.165, 1.54) is 43.5 Å². The van der Waals surface area contributed by atoms with Crippen LogP contribution < -0.4 is 26.0 Å². The van der Waals surface area contributed by atoms with Crippen LogP contribution in [0.1, 0.15) is 20.8 Å². The van der Waals surface area contributed by atoms with Crippen molar-refractivity contribution in [2.24, 2.45) is 0 Å². The number of benzene rings is 3. The van der Waals surface area contributed by atoms with E-state index in [0.29, 0.717) is 22.7 Å². The molecule has 4 rings (SSSR count). The number of aromatic carboxylic acids is 1. The van der Waals surface area contributed by atoms with Gasteiger partial charge in [0.25, 0.3) is 11.5 Å². The van der Waals surface area contributed by atoms with E-state index < -0.39 is 29.7 Å². The number of hydrogen-bond acceptors (Lipinski definition) is 7. The maximum Gasteiger partial charge on any atom is 0.275 e. The van der Waals surface area contributed by atoms with E-state index in [4.69, 9.17) is 4.74 Å². The number of fused-ring (bicyclic) bond motifs is 1. The van der Waals surface area contributed by atoms with Gasteiger partial charge in [0.15, 0.2) is 0 Å². The molecule has 10 nitrogen and oxygen atoms in total. The zero-order valence-corrected chi connectivity index (χ0v) is 18.5. The summed E-state index contributed by atoms with van der Waals surface area (Å²) in [7, 11) is 1.50. The fraction of sp³-hybridized carbons (Fsp3) is 0.0800. The number of carboxylic acid groups (broad SMARTS) is 1. The van der Waals surface area contributed by atoms with Gasteiger partial charge in [-0.1, -0.05) is 30.3 Å². The molecule has 4 aromatic rings. The van der Waals surface area contributed by atoms with Gasteiger partial charge in [-0.05, 0) is 42.5 Å². The Morgan fingerprint density at radius 2 is 1.57 bits per heavy atom. The van der Waals surface area contributed by atoms with Crippen molar-refractivity contribution < 1.29 is 24.2 Å². The molecule has 0 unspecified atom stereocenters. The number of anilines is 2. The third-order valence-electron chi connectivity index (χ3n) is 5.14. The van der Waals surface area contributed by atoms with Crippen molar-refractivity contribution in [1.82, 2.24) is 9.78 Å². The highest BCUT2D eigenvalue weighted by molar-refractivity contribution is 6.05. The molecule has 0 radical (unpaired) electrons. The topological polar surface area (TPSA) is 142 Å². The average molecular weight is 471 g/mol. The number of methoxy groups -OCH3 is 1. The standard InChI is InChI=1S/C25H20N4O6/c1-35-20-9-5-4-8-19(20)27-23(31)15-10-12-16(13-11-15)26-21(30)14-29-24(32)18-7-3-2-6-17(18)22(28-29)25(33)34/h2-13H,14H2,1H3,(H,26,30)(H,27,31)(H,33,34)/p-1. The fourth-order valence-corrected chi connectivity index (χ4v) is 3.48. The van der Waals surface area contributed by atoms with Crippen molar-refractivity contribution in [2.75, 3.05) is 17.7 Å². The van der Waals surface area contributed by atoms with Crippen LogP contribution in [0, 0.1) is 0 Å². The van der Waals surface area contributed by atoms with Gasteiger partial charge in [0.1, 0.15) is 18.0 Å². The molecule has 0 aliphatic carbocycles. The molecule has 0 fully saturated rings. The summed E-state index contributed by atoms with van der Waals surface area (Å²) in [6.07, 6.45) is 0. The number of amides is 2. The average Bonchev–Trinajstić information content (AvgIpc) is 2.86. The summed E-state index contributed by atoms with van der Waals surface area (Å²) in [6, 6.07) is 19.1. The Morgan fingerprint density at radius 1 is 0.914 bits per heavy atom. The van der Waals surface area contributed by atoms with Crippen LogP contribution in [-0.2, 0) is 11.3 Å². The smallest absolute Gasteiger partial charge is 0.275 e. The SMILES string of the molecule is COc1ccccc1NC(=O)c1ccc(NC(=O)Cn2nc(C(=O)[O-])c3ccccc3c2=O)cc1. The number of nitrogens with zero attached hydrogens (tertiary/aromatic N) is 2. The first-order valence-electron chi connectivity index (χ1n) is 10.4. The predicted octanol–water partition coefficient (Wildman–Crippen LogP) is 1.66. The quantitative estimate of drug-likeness (QED) is 0.417. The highest BCUT2D eigenvalue weighted by Crippen LogP contribution is 2.24. The minimum Gasteiger partial charge on any atom is -0.543 e. The molecule has 3 aromatic carbocycles. The Labute approximate surface area is 198 Å². The lowest BCUT2D eigenvalue weighted by molar-refractivity contribution is -0.255. The van der Waals surface area contributed by atoms with Gasteiger partial charge >= 0.3 is 0 Å². The number of aromatic nitrogens is 2. The monoisotopic (exact) mass is 471 g/mol. The second-order valence-electron chi connectivity index (χ2n) is 7.42. The molecule has 0 aliphatic rings. The minimum absolute atomic E-state index is 0.111. The molecular formula is C25H19N4O6-. The second kappa shape index (κ2) is 9.87. The van der Waals surface area contributed by atoms with E-state index in [1.807, 2.05) is 0 Å². The molecule has 0 saturated carbocycles. The molecule has 0 aliphatic heterocycles. The molecule has 0 spiro atoms. The van der Waals surface area contributed by atoms with E-state index in [0.717, 1.165) is 4.68 Å². The number of carbonyl (C=O) groups excluding carboxylic acids is 3. The molecular weight excluding hydrogens is 452 g/mol. The maximum atomic E-state index is 12.7. The van der Waals surface area contributed by atoms with E-state index in [9.17, 15) is 24.3 Å². The van der Waals surface area contributed by atoms with Gasteiger partial charge in [0.05, 0.1) is 24.2 Å². The van der Waals surface area contributed by atoms with Crippen LogP contribution >= 0.6 is 0 Å². The lowest BCUT2D eigenvalue weighted by Crippen LogP contribution is -2.34. The largest absolute Gasteiger partial charge is 0.543 e. The predicted molar refractivity (Wildman–Crippen MR) is 126 cm³/mol. The highest BCUT2D eigenvalue weighted by Gasteiger charge is 2.14. The highest BCUT2D eigenvalue weighted by atomic mass is 16.5. The number of para-hydroxylation sites is 2. The van der Waals surface area contributed by atoms with Crippen LogP contribution in [0.25, 0.3) is 10.8 Å². The molecule has 2 amide bonds. The summed E-state index contributed by atoms with van der Waals surface area (Å²) >= 11 is 0. The number of ether oxygens (including phenoxy) is 1. The van der Waals surface area contributed by atoms with E-state index in [1.54, 1.807) is 36.4 Å². The van der Waals surface area contributed by atoms with Crippen molar-refractivity contribution in [3.05, 3.63) is 94.4 Å². The van der Waals surface area contributed by atoms with Crippen LogP contribution in [-0.4, -0.2) is 34.7 Å². The number of carboxylic acids is 1. The first-order valence-corrected chi connectivity index (χ1v) is 10.4. The van der Waals surface area contributed by atoms with Crippen LogP contribution in [0.5, 0.6) is 5.75 Å². The van der Waals surface area contributed by atoms with Crippen LogP contribution in [0.4, 0.5) is 11.4 Å². The number of hydrogen-bond donors (Lipinski definition) is 2. The van der Waals surface area contributed by atoms with Crippen LogP contribution in [0.15, 0.2) is 77.6 Å². The van der Waals surface area contributed by atoms with E-state index >= 15 is 0 Å². The zero-order valence-electron chi connectivity index (χ0n) is 18.5. The summed E-state index contributed by atoms with van der Waals surface area (Å²) in [4.78, 5) is 49.2. The third kappa shape index (κ3) is 5.01. The molecule has 1 aromatic heterocycles. The Bertz CT molecular complexity index is 1490. The minimum atomic E-state index is -1.56. The van der Waals surface area contributed by atoms with Gasteiger partial charge in [-0.15, -0.1) is 0 Å². The van der Waals surface area contributed by atoms with Crippen molar-refractivity contribution >= 4 is 39.9 Å². The van der Waals surface area contributed by atoms with Gasteiger partial charge in [0.2, 0.25) is 5.91 Å². The maximum absolute atomic E-state index is 12.7. The van der Waals surface area contributed by atoms with Crippen molar-refractivity contribution in [2.45, 2.75) is 6.54 Å². The van der Waals surface area contributed by atoms with Gasteiger partial charge in [-0.2, -0.15) is 5.10 Å². The fourth-order valence-electron chi connectivity index (χ4n) is 3.48. The summed E-state index contributed by atoms with van der Waals surface area (Å²) in [5.41, 5.74) is 0.196. The third-order valence-corrected chi connectivity index (χ3v) is 5.14. The lowest BCUT2D eigenvalue weighted by Gasteiger charge is -2.12. The molecule has 0 atom stereocenters. The lowest BCUT2D eigenvalue weighted by atomic mass is 10.1. The summed E-state index contributed by atoms with van der Waals surface area (Å²) < 4.78 is 5.99. The van der Waals surface area contributed by atoms with Crippen molar-refractivity contribution in [3.63, 3.8) is 0 Å². The van der Waals surface area contributed by atoms with E-state index in [-0.39, 0.29) is 16.7 Å². The van der Waals surface area contributed by atoms with E-state index in [2.05, 4.69) is 15.7 Å². The van der Waals surface area contributed by atoms with Gasteiger partial charge in [-0.3, -0.25) is 14.4 Å². The molecule has 176 valence electrons. The van der Waals surface area contributed by atoms with Gasteiger partial charge < -0.3 is 25.3 Å². The molecule has 0 bridgehead atoms. The van der Waals surface area contributed by atoms with Crippen LogP contribution in [0.3, 0.4) is 0 Å². The van der Waals surface area contributed by atoms with Gasteiger partial charge in [-0.25, -0.2) is 4.68 Å². The number of carbonyl (C=O) groups is 3. The Hall–Kier alpha value is -4.99. The number of rotatable bonds is 7. The second-order valence-corrected chi connectivity index (χ2v) is 7.42. The summed E-state index contributed by atoms with van der Waals surface area (Å²) in [6.45, 7) is -0.514. The Morgan fingerprint density at radius 3 is 2.26 bits per heavy atom. The molecule has 1 heterocycles. The molecule has 0 saturated heterocycles. The first kappa shape index (κ1) is 23.2. The molecule has 2 N–H and O–H groups in total. The normalized spacial score (nSPS) is 10.5. The molecule has 35 heavy (non-hydrogen) atoms.